The summed E-state index contributed by atoms with van der Waals surface area (Å²) in [5, 5.41) is 9.26. The Labute approximate surface area is 186 Å². The van der Waals surface area contributed by atoms with E-state index in [1.807, 2.05) is 16.8 Å². The zero-order chi connectivity index (χ0) is 22.8. The average molecular weight is 462 g/mol. The third-order valence-corrected chi connectivity index (χ3v) is 6.35. The van der Waals surface area contributed by atoms with Crippen molar-refractivity contribution in [1.82, 2.24) is 24.8 Å². The van der Waals surface area contributed by atoms with Crippen LogP contribution in [-0.2, 0) is 9.53 Å². The molecule has 3 fully saturated rings. The summed E-state index contributed by atoms with van der Waals surface area (Å²) in [5.74, 6) is -3.92. The molecule has 0 spiro atoms. The topological polar surface area (TPSA) is 89.5 Å². The van der Waals surface area contributed by atoms with Gasteiger partial charge in [0.2, 0.25) is 0 Å². The highest BCUT2D eigenvalue weighted by Crippen LogP contribution is 2.42. The van der Waals surface area contributed by atoms with E-state index >= 15 is 0 Å². The minimum Gasteiger partial charge on any atom is -0.377 e. The molecule has 9 nitrogen and oxygen atoms in total. The number of aromatic nitrogens is 4. The van der Waals surface area contributed by atoms with Crippen LogP contribution in [-0.4, -0.2) is 81.7 Å². The smallest absolute Gasteiger partial charge is 0.282 e. The number of hydrogen-bond acceptors (Lipinski definition) is 7. The molecule has 3 aromatic rings. The molecule has 4 heterocycles. The van der Waals surface area contributed by atoms with Gasteiger partial charge in [-0.25, -0.2) is 13.2 Å². The van der Waals surface area contributed by atoms with Crippen LogP contribution >= 0.6 is 0 Å². The first kappa shape index (κ1) is 20.5. The molecule has 1 aromatic carbocycles. The van der Waals surface area contributed by atoms with Crippen LogP contribution in [0.15, 0.2) is 28.9 Å². The lowest BCUT2D eigenvalue weighted by atomic mass is 10.1. The summed E-state index contributed by atoms with van der Waals surface area (Å²) in [7, 11) is 0. The molecule has 6 rings (SSSR count). The molecule has 0 unspecified atom stereocenters. The van der Waals surface area contributed by atoms with Gasteiger partial charge in [-0.15, -0.1) is 0 Å². The zero-order valence-electron chi connectivity index (χ0n) is 17.6. The predicted molar refractivity (Wildman–Crippen MR) is 110 cm³/mol. The van der Waals surface area contributed by atoms with E-state index in [9.17, 15) is 18.0 Å². The van der Waals surface area contributed by atoms with Crippen molar-refractivity contribution in [3.05, 3.63) is 24.4 Å². The van der Waals surface area contributed by atoms with Crippen molar-refractivity contribution in [2.75, 3.05) is 44.3 Å². The van der Waals surface area contributed by atoms with Gasteiger partial charge in [0.1, 0.15) is 0 Å². The molecular formula is C21H21F3N6O3. The molecular weight excluding hydrogens is 441 g/mol. The molecule has 0 atom stereocenters. The minimum absolute atomic E-state index is 0.00125. The van der Waals surface area contributed by atoms with Gasteiger partial charge in [-0.3, -0.25) is 9.48 Å². The predicted octanol–water partition coefficient (Wildman–Crippen LogP) is 2.44. The lowest BCUT2D eigenvalue weighted by molar-refractivity contribution is -0.142. The molecule has 1 aliphatic carbocycles. The van der Waals surface area contributed by atoms with Crippen LogP contribution in [0.25, 0.3) is 22.4 Å². The molecule has 0 N–H and O–H groups in total. The highest BCUT2D eigenvalue weighted by Gasteiger charge is 2.54. The zero-order valence-corrected chi connectivity index (χ0v) is 17.6. The number of ether oxygens (including phenoxy) is 1. The maximum atomic E-state index is 14.6. The van der Waals surface area contributed by atoms with Gasteiger partial charge in [-0.2, -0.15) is 10.1 Å². The summed E-state index contributed by atoms with van der Waals surface area (Å²) >= 11 is 0. The minimum atomic E-state index is -3.24. The third kappa shape index (κ3) is 3.62. The Morgan fingerprint density at radius 2 is 1.94 bits per heavy atom. The monoisotopic (exact) mass is 462 g/mol. The highest BCUT2D eigenvalue weighted by atomic mass is 19.3. The number of halogens is 3. The van der Waals surface area contributed by atoms with Crippen molar-refractivity contribution in [1.29, 1.82) is 0 Å². The average Bonchev–Trinajstić information content (AvgIpc) is 3.18. The lowest BCUT2D eigenvalue weighted by Gasteiger charge is -2.26. The van der Waals surface area contributed by atoms with Crippen molar-refractivity contribution in [3.63, 3.8) is 0 Å². The molecule has 3 aliphatic rings. The third-order valence-electron chi connectivity index (χ3n) is 6.35. The van der Waals surface area contributed by atoms with Crippen LogP contribution in [0, 0.1) is 0 Å². The van der Waals surface area contributed by atoms with Gasteiger partial charge in [0, 0.05) is 24.0 Å². The number of amides is 1. The summed E-state index contributed by atoms with van der Waals surface area (Å²) < 4.78 is 55.8. The lowest BCUT2D eigenvalue weighted by Crippen LogP contribution is -2.45. The second-order valence-corrected chi connectivity index (χ2v) is 8.92. The van der Waals surface area contributed by atoms with Crippen LogP contribution in [0.4, 0.5) is 19.1 Å². The van der Waals surface area contributed by atoms with E-state index in [2.05, 4.69) is 15.2 Å². The van der Waals surface area contributed by atoms with Crippen molar-refractivity contribution >= 4 is 22.8 Å². The maximum absolute atomic E-state index is 14.6. The Morgan fingerprint density at radius 1 is 1.12 bits per heavy atom. The Hall–Kier alpha value is -3.15. The van der Waals surface area contributed by atoms with Crippen molar-refractivity contribution in [2.45, 2.75) is 30.5 Å². The fraction of sp³-hybridized carbons (Fsp3) is 0.524. The van der Waals surface area contributed by atoms with Gasteiger partial charge in [0.05, 0.1) is 44.1 Å². The van der Waals surface area contributed by atoms with Gasteiger partial charge < -0.3 is 19.1 Å². The van der Waals surface area contributed by atoms with Crippen molar-refractivity contribution in [3.8, 4) is 11.5 Å². The van der Waals surface area contributed by atoms with E-state index in [0.717, 1.165) is 15.8 Å². The number of carbonyl (C=O) groups excluding carboxylic acids is 1. The van der Waals surface area contributed by atoms with E-state index in [0.29, 0.717) is 18.8 Å². The van der Waals surface area contributed by atoms with Gasteiger partial charge >= 0.3 is 0 Å². The number of anilines is 1. The van der Waals surface area contributed by atoms with Gasteiger partial charge in [-0.1, -0.05) is 6.07 Å². The summed E-state index contributed by atoms with van der Waals surface area (Å²) in [6, 6.07) is 5.72. The number of carbonyl (C=O) groups is 1. The van der Waals surface area contributed by atoms with Crippen LogP contribution in [0.3, 0.4) is 0 Å². The normalized spacial score (nSPS) is 22.3. The molecule has 2 aromatic heterocycles. The highest BCUT2D eigenvalue weighted by molar-refractivity contribution is 5.88. The van der Waals surface area contributed by atoms with Crippen LogP contribution < -0.4 is 4.90 Å². The standard InChI is InChI=1S/C21H21F3N6O3/c22-20(3-4-20)18(31)28-5-6-29(12-21(23,24)11-28)19-26-17(33-27-19)13-1-2-14-8-25-30(16(14)7-13)15-9-32-10-15/h1-2,7-8,15H,3-6,9-12H2. The van der Waals surface area contributed by atoms with E-state index in [4.69, 9.17) is 9.26 Å². The molecule has 0 radical (unpaired) electrons. The second kappa shape index (κ2) is 7.17. The summed E-state index contributed by atoms with van der Waals surface area (Å²) in [4.78, 5) is 18.8. The molecule has 0 bridgehead atoms. The Morgan fingerprint density at radius 3 is 2.67 bits per heavy atom. The number of rotatable bonds is 4. The number of nitrogens with zero attached hydrogens (tertiary/aromatic N) is 6. The molecule has 174 valence electrons. The summed E-state index contributed by atoms with van der Waals surface area (Å²) in [6.07, 6.45) is 1.94. The molecule has 2 aliphatic heterocycles. The molecule has 33 heavy (non-hydrogen) atoms. The first-order chi connectivity index (χ1) is 15.8. The fourth-order valence-corrected chi connectivity index (χ4v) is 4.25. The van der Waals surface area contributed by atoms with Gasteiger partial charge in [-0.05, 0) is 30.1 Å². The number of hydrogen-bond donors (Lipinski definition) is 0. The Balaban J connectivity index is 1.24. The SMILES string of the molecule is O=C(N1CCN(c2noc(-c3ccc4cnn(C5COC5)c4c3)n2)CC(F)(F)C1)C1(F)CC1. The number of fused-ring (bicyclic) bond motifs is 1. The molecule has 1 amide bonds. The second-order valence-electron chi connectivity index (χ2n) is 8.92. The van der Waals surface area contributed by atoms with Crippen LogP contribution in [0.5, 0.6) is 0 Å². The first-order valence-electron chi connectivity index (χ1n) is 10.8. The van der Waals surface area contributed by atoms with Gasteiger partial charge in [0.25, 0.3) is 23.7 Å². The van der Waals surface area contributed by atoms with Crippen molar-refractivity contribution in [2.24, 2.45) is 0 Å². The van der Waals surface area contributed by atoms with Crippen LogP contribution in [0.1, 0.15) is 18.9 Å². The first-order valence-corrected chi connectivity index (χ1v) is 10.8. The van der Waals surface area contributed by atoms with E-state index in [-0.39, 0.29) is 43.8 Å². The maximum Gasteiger partial charge on any atom is 0.282 e. The molecule has 12 heteroatoms. The van der Waals surface area contributed by atoms with Crippen molar-refractivity contribution < 1.29 is 27.2 Å². The van der Waals surface area contributed by atoms with E-state index in [1.54, 1.807) is 12.3 Å². The summed E-state index contributed by atoms with van der Waals surface area (Å²) in [5.41, 5.74) is -0.465. The Bertz CT molecular complexity index is 1220. The largest absolute Gasteiger partial charge is 0.377 e. The fourth-order valence-electron chi connectivity index (χ4n) is 4.25. The van der Waals surface area contributed by atoms with E-state index < -0.39 is 30.6 Å². The Kier molecular flexibility index (Phi) is 4.45. The van der Waals surface area contributed by atoms with E-state index in [1.165, 1.54) is 4.90 Å². The number of benzene rings is 1. The number of alkyl halides is 3. The van der Waals surface area contributed by atoms with Crippen LogP contribution in [0.2, 0.25) is 0 Å². The molecule has 2 saturated heterocycles. The van der Waals surface area contributed by atoms with Gasteiger partial charge in [0.15, 0.2) is 5.67 Å². The molecule has 1 saturated carbocycles. The summed E-state index contributed by atoms with van der Waals surface area (Å²) in [6.45, 7) is -0.328. The quantitative estimate of drug-likeness (QED) is 0.588.